The molecule has 0 aliphatic heterocycles. The number of hydrogen-bond acceptors (Lipinski definition) is 3. The largest absolute Gasteiger partial charge is 0.505 e. The van der Waals surface area contributed by atoms with E-state index in [0.717, 1.165) is 6.42 Å². The van der Waals surface area contributed by atoms with Crippen LogP contribution >= 0.6 is 0 Å². The smallest absolute Gasteiger partial charge is 0.258 e. The molecule has 1 rings (SSSR count). The van der Waals surface area contributed by atoms with Crippen molar-refractivity contribution in [3.05, 3.63) is 36.7 Å². The van der Waals surface area contributed by atoms with Gasteiger partial charge in [0.2, 0.25) is 0 Å². The molecule has 1 heterocycles. The zero-order valence-corrected chi connectivity index (χ0v) is 9.39. The minimum atomic E-state index is -0.193. The van der Waals surface area contributed by atoms with E-state index in [1.54, 1.807) is 11.0 Å². The maximum atomic E-state index is 12.0. The van der Waals surface area contributed by atoms with Crippen molar-refractivity contribution in [2.24, 2.45) is 0 Å². The van der Waals surface area contributed by atoms with Crippen LogP contribution in [0.2, 0.25) is 0 Å². The summed E-state index contributed by atoms with van der Waals surface area (Å²) in [5.74, 6) is -0.278. The first kappa shape index (κ1) is 12.2. The second kappa shape index (κ2) is 5.90. The van der Waals surface area contributed by atoms with E-state index in [-0.39, 0.29) is 17.2 Å². The number of amides is 1. The van der Waals surface area contributed by atoms with Gasteiger partial charge in [0.05, 0.1) is 11.8 Å². The highest BCUT2D eigenvalue weighted by Gasteiger charge is 2.16. The summed E-state index contributed by atoms with van der Waals surface area (Å²) in [6, 6.07) is 1.52. The normalized spacial score (nSPS) is 9.81. The van der Waals surface area contributed by atoms with E-state index in [4.69, 9.17) is 0 Å². The Morgan fingerprint density at radius 3 is 3.00 bits per heavy atom. The van der Waals surface area contributed by atoms with Crippen molar-refractivity contribution < 1.29 is 9.90 Å². The van der Waals surface area contributed by atoms with Crippen molar-refractivity contribution in [1.82, 2.24) is 9.88 Å². The first-order valence-electron chi connectivity index (χ1n) is 5.23. The lowest BCUT2D eigenvalue weighted by atomic mass is 10.2. The Morgan fingerprint density at radius 2 is 2.44 bits per heavy atom. The molecule has 0 atom stereocenters. The summed E-state index contributed by atoms with van der Waals surface area (Å²) in [5.41, 5.74) is 0.283. The van der Waals surface area contributed by atoms with E-state index in [1.165, 1.54) is 18.5 Å². The van der Waals surface area contributed by atoms with Crippen LogP contribution in [0.1, 0.15) is 23.7 Å². The average molecular weight is 220 g/mol. The highest BCUT2D eigenvalue weighted by atomic mass is 16.3. The monoisotopic (exact) mass is 220 g/mol. The molecular weight excluding hydrogens is 204 g/mol. The Kier molecular flexibility index (Phi) is 4.51. The molecule has 1 N–H and O–H groups in total. The summed E-state index contributed by atoms with van der Waals surface area (Å²) in [6.45, 7) is 6.73. The molecule has 1 aromatic rings. The first-order valence-corrected chi connectivity index (χ1v) is 5.23. The second-order valence-electron chi connectivity index (χ2n) is 3.43. The molecule has 0 radical (unpaired) electrons. The van der Waals surface area contributed by atoms with Crippen molar-refractivity contribution in [2.75, 3.05) is 13.1 Å². The third-order valence-electron chi connectivity index (χ3n) is 2.16. The van der Waals surface area contributed by atoms with Crippen LogP contribution < -0.4 is 0 Å². The molecule has 0 aliphatic rings. The summed E-state index contributed by atoms with van der Waals surface area (Å²) in [4.78, 5) is 17.4. The topological polar surface area (TPSA) is 53.4 Å². The fourth-order valence-corrected chi connectivity index (χ4v) is 1.44. The fourth-order valence-electron chi connectivity index (χ4n) is 1.44. The summed E-state index contributed by atoms with van der Waals surface area (Å²) in [7, 11) is 0. The van der Waals surface area contributed by atoms with Gasteiger partial charge in [-0.25, -0.2) is 0 Å². The molecular formula is C12H16N2O2. The molecule has 1 amide bonds. The van der Waals surface area contributed by atoms with Crippen LogP contribution in [0.15, 0.2) is 31.1 Å². The van der Waals surface area contributed by atoms with Crippen molar-refractivity contribution in [3.63, 3.8) is 0 Å². The number of pyridine rings is 1. The highest BCUT2D eigenvalue weighted by molar-refractivity contribution is 5.96. The Labute approximate surface area is 95.2 Å². The van der Waals surface area contributed by atoms with Gasteiger partial charge in [-0.2, -0.15) is 0 Å². The minimum Gasteiger partial charge on any atom is -0.505 e. The number of carbonyl (C=O) groups excluding carboxylic acids is 1. The number of carbonyl (C=O) groups is 1. The lowest BCUT2D eigenvalue weighted by molar-refractivity contribution is 0.0771. The number of nitrogens with zero attached hydrogens (tertiary/aromatic N) is 2. The molecule has 4 heteroatoms. The number of aromatic hydroxyl groups is 1. The van der Waals surface area contributed by atoms with Crippen LogP contribution in [-0.4, -0.2) is 34.0 Å². The predicted molar refractivity (Wildman–Crippen MR) is 62.3 cm³/mol. The van der Waals surface area contributed by atoms with Crippen LogP contribution in [-0.2, 0) is 0 Å². The van der Waals surface area contributed by atoms with Crippen LogP contribution in [0.3, 0.4) is 0 Å². The zero-order chi connectivity index (χ0) is 12.0. The minimum absolute atomic E-state index is 0.0855. The summed E-state index contributed by atoms with van der Waals surface area (Å²) < 4.78 is 0. The van der Waals surface area contributed by atoms with Crippen LogP contribution in [0, 0.1) is 0 Å². The van der Waals surface area contributed by atoms with E-state index in [1.807, 2.05) is 6.92 Å². The van der Waals surface area contributed by atoms with E-state index in [2.05, 4.69) is 11.6 Å². The zero-order valence-electron chi connectivity index (χ0n) is 9.39. The summed E-state index contributed by atoms with van der Waals surface area (Å²) >= 11 is 0. The molecule has 0 unspecified atom stereocenters. The van der Waals surface area contributed by atoms with Gasteiger partial charge in [0.1, 0.15) is 5.75 Å². The van der Waals surface area contributed by atoms with Gasteiger partial charge in [-0.1, -0.05) is 13.0 Å². The van der Waals surface area contributed by atoms with Gasteiger partial charge >= 0.3 is 0 Å². The van der Waals surface area contributed by atoms with Gasteiger partial charge in [-0.3, -0.25) is 9.78 Å². The van der Waals surface area contributed by atoms with Gasteiger partial charge < -0.3 is 10.0 Å². The van der Waals surface area contributed by atoms with Crippen molar-refractivity contribution in [2.45, 2.75) is 13.3 Å². The van der Waals surface area contributed by atoms with Gasteiger partial charge in [0.15, 0.2) is 0 Å². The van der Waals surface area contributed by atoms with Crippen LogP contribution in [0.4, 0.5) is 0 Å². The maximum absolute atomic E-state index is 12.0. The summed E-state index contributed by atoms with van der Waals surface area (Å²) in [5, 5.41) is 9.53. The predicted octanol–water partition coefficient (Wildman–Crippen LogP) is 1.83. The van der Waals surface area contributed by atoms with E-state index in [0.29, 0.717) is 13.1 Å². The van der Waals surface area contributed by atoms with E-state index in [9.17, 15) is 9.90 Å². The van der Waals surface area contributed by atoms with Crippen molar-refractivity contribution in [1.29, 1.82) is 0 Å². The third kappa shape index (κ3) is 2.82. The molecule has 0 bridgehead atoms. The van der Waals surface area contributed by atoms with Gasteiger partial charge in [-0.15, -0.1) is 6.58 Å². The average Bonchev–Trinajstić information content (AvgIpc) is 2.28. The van der Waals surface area contributed by atoms with Crippen LogP contribution in [0.5, 0.6) is 5.75 Å². The summed E-state index contributed by atoms with van der Waals surface area (Å²) in [6.07, 6.45) is 5.30. The number of aromatic nitrogens is 1. The number of rotatable bonds is 5. The Bertz CT molecular complexity index is 377. The molecule has 0 aromatic carbocycles. The van der Waals surface area contributed by atoms with Crippen molar-refractivity contribution >= 4 is 5.91 Å². The fraction of sp³-hybridized carbons (Fsp3) is 0.333. The lowest BCUT2D eigenvalue weighted by Gasteiger charge is -2.20. The second-order valence-corrected chi connectivity index (χ2v) is 3.43. The highest BCUT2D eigenvalue weighted by Crippen LogP contribution is 2.16. The van der Waals surface area contributed by atoms with E-state index >= 15 is 0 Å². The SMILES string of the molecule is C=CCN(CCC)C(=O)c1ccncc1O. The van der Waals surface area contributed by atoms with Gasteiger partial charge in [-0.05, 0) is 12.5 Å². The molecule has 0 fully saturated rings. The van der Waals surface area contributed by atoms with Gasteiger partial charge in [0.25, 0.3) is 5.91 Å². The number of hydrogen-bond donors (Lipinski definition) is 1. The molecule has 16 heavy (non-hydrogen) atoms. The van der Waals surface area contributed by atoms with Gasteiger partial charge in [0, 0.05) is 19.3 Å². The first-order chi connectivity index (χ1) is 7.70. The van der Waals surface area contributed by atoms with Crippen molar-refractivity contribution in [3.8, 4) is 5.75 Å². The Balaban J connectivity index is 2.89. The maximum Gasteiger partial charge on any atom is 0.258 e. The molecule has 0 saturated heterocycles. The molecule has 0 saturated carbocycles. The Morgan fingerprint density at radius 1 is 1.69 bits per heavy atom. The quantitative estimate of drug-likeness (QED) is 0.770. The molecule has 0 aliphatic carbocycles. The standard InChI is InChI=1S/C12H16N2O2/c1-3-7-14(8-4-2)12(16)10-5-6-13-9-11(10)15/h3,5-6,9,15H,1,4,7-8H2,2H3. The van der Waals surface area contributed by atoms with Crippen LogP contribution in [0.25, 0.3) is 0 Å². The molecule has 1 aromatic heterocycles. The van der Waals surface area contributed by atoms with E-state index < -0.39 is 0 Å². The molecule has 4 nitrogen and oxygen atoms in total. The Hall–Kier alpha value is -1.84. The molecule has 86 valence electrons. The molecule has 0 spiro atoms. The lowest BCUT2D eigenvalue weighted by Crippen LogP contribution is -2.31. The third-order valence-corrected chi connectivity index (χ3v) is 2.16.